The molecule has 0 bridgehead atoms. The highest BCUT2D eigenvalue weighted by Crippen LogP contribution is 2.20. The van der Waals surface area contributed by atoms with Crippen molar-refractivity contribution in [3.8, 4) is 0 Å². The zero-order valence-electron chi connectivity index (χ0n) is 22.7. The van der Waals surface area contributed by atoms with Gasteiger partial charge in [0.1, 0.15) is 23.8 Å². The molecule has 3 aromatic carbocycles. The number of carboxylic acid groups (broad SMARTS) is 1. The molecule has 42 heavy (non-hydrogen) atoms. The number of sulfonamides is 1. The molecular formula is C29H30FN5O6S. The summed E-state index contributed by atoms with van der Waals surface area (Å²) in [5, 5.41) is 16.0. The number of benzene rings is 3. The summed E-state index contributed by atoms with van der Waals surface area (Å²) in [5.41, 5.74) is 9.29. The van der Waals surface area contributed by atoms with E-state index in [2.05, 4.69) is 20.2 Å². The summed E-state index contributed by atoms with van der Waals surface area (Å²) >= 11 is 0. The van der Waals surface area contributed by atoms with E-state index in [0.717, 1.165) is 5.56 Å². The Balaban J connectivity index is 1.27. The molecule has 0 aliphatic carbocycles. The quantitative estimate of drug-likeness (QED) is 0.184. The molecule has 0 radical (unpaired) electrons. The molecule has 1 aliphatic heterocycles. The van der Waals surface area contributed by atoms with Gasteiger partial charge in [0.15, 0.2) is 0 Å². The maximum atomic E-state index is 13.4. The number of oxime groups is 1. The zero-order chi connectivity index (χ0) is 30.3. The molecule has 4 rings (SSSR count). The van der Waals surface area contributed by atoms with Gasteiger partial charge in [-0.05, 0) is 41.8 Å². The molecule has 2 atom stereocenters. The number of aliphatic carboxylic acids is 1. The molecule has 0 aromatic heterocycles. The molecule has 5 N–H and O–H groups in total. The minimum Gasteiger partial charge on any atom is -0.480 e. The first-order chi connectivity index (χ1) is 20.0. The Kier molecular flexibility index (Phi) is 9.65. The number of aryl methyl sites for hydroxylation is 1. The third-order valence-electron chi connectivity index (χ3n) is 6.46. The van der Waals surface area contributed by atoms with Crippen LogP contribution >= 0.6 is 0 Å². The van der Waals surface area contributed by atoms with Crippen molar-refractivity contribution in [3.05, 3.63) is 101 Å². The van der Waals surface area contributed by atoms with Crippen LogP contribution in [0.2, 0.25) is 0 Å². The van der Waals surface area contributed by atoms with E-state index in [4.69, 9.17) is 10.6 Å². The lowest BCUT2D eigenvalue weighted by Crippen LogP contribution is -2.48. The van der Waals surface area contributed by atoms with E-state index in [1.54, 1.807) is 55.5 Å². The first-order valence-corrected chi connectivity index (χ1v) is 14.5. The number of aliphatic imine (C=N–C) groups is 1. The van der Waals surface area contributed by atoms with Crippen LogP contribution in [0.3, 0.4) is 0 Å². The Morgan fingerprint density at radius 2 is 1.88 bits per heavy atom. The van der Waals surface area contributed by atoms with Crippen LogP contribution in [0.25, 0.3) is 0 Å². The molecule has 1 aliphatic rings. The van der Waals surface area contributed by atoms with Crippen molar-refractivity contribution in [1.29, 1.82) is 0 Å². The predicted molar refractivity (Wildman–Crippen MR) is 154 cm³/mol. The minimum atomic E-state index is -4.12. The summed E-state index contributed by atoms with van der Waals surface area (Å²) in [5.74, 6) is -1.99. The van der Waals surface area contributed by atoms with Crippen LogP contribution in [-0.4, -0.2) is 55.6 Å². The van der Waals surface area contributed by atoms with Crippen molar-refractivity contribution in [2.45, 2.75) is 43.4 Å². The smallest absolute Gasteiger partial charge is 0.323 e. The number of hydrogen-bond acceptors (Lipinski definition) is 7. The molecule has 220 valence electrons. The van der Waals surface area contributed by atoms with Crippen LogP contribution < -0.4 is 15.8 Å². The van der Waals surface area contributed by atoms with Crippen molar-refractivity contribution in [2.24, 2.45) is 15.9 Å². The largest absolute Gasteiger partial charge is 0.480 e. The summed E-state index contributed by atoms with van der Waals surface area (Å²) < 4.78 is 40.8. The third kappa shape index (κ3) is 7.98. The van der Waals surface area contributed by atoms with E-state index < -0.39 is 40.6 Å². The average Bonchev–Trinajstić information content (AvgIpc) is 3.42. The second-order valence-electron chi connectivity index (χ2n) is 9.66. The van der Waals surface area contributed by atoms with Crippen molar-refractivity contribution < 1.29 is 32.3 Å². The predicted octanol–water partition coefficient (Wildman–Crippen LogP) is 2.47. The molecule has 3 aromatic rings. The van der Waals surface area contributed by atoms with Crippen LogP contribution in [0.5, 0.6) is 0 Å². The van der Waals surface area contributed by atoms with Gasteiger partial charge in [-0.2, -0.15) is 4.72 Å². The summed E-state index contributed by atoms with van der Waals surface area (Å²) in [7, 11) is -4.12. The van der Waals surface area contributed by atoms with Crippen molar-refractivity contribution in [1.82, 2.24) is 10.0 Å². The van der Waals surface area contributed by atoms with E-state index in [0.29, 0.717) is 34.7 Å². The minimum absolute atomic E-state index is 0.0431. The molecule has 0 saturated heterocycles. The van der Waals surface area contributed by atoms with E-state index in [9.17, 15) is 27.5 Å². The second kappa shape index (κ2) is 13.4. The maximum absolute atomic E-state index is 13.4. The average molecular weight is 596 g/mol. The van der Waals surface area contributed by atoms with Crippen molar-refractivity contribution >= 4 is 33.4 Å². The first kappa shape index (κ1) is 30.3. The van der Waals surface area contributed by atoms with Crippen LogP contribution in [0.1, 0.15) is 35.1 Å². The van der Waals surface area contributed by atoms with Gasteiger partial charge >= 0.3 is 5.97 Å². The summed E-state index contributed by atoms with van der Waals surface area (Å²) in [6.07, 6.45) is -0.357. The molecular weight excluding hydrogens is 565 g/mol. The molecule has 0 fully saturated rings. The van der Waals surface area contributed by atoms with Crippen molar-refractivity contribution in [3.63, 3.8) is 0 Å². The number of carbonyl (C=O) groups is 2. The number of carbonyl (C=O) groups excluding carboxylic acids is 1. The normalized spacial score (nSPS) is 15.9. The monoisotopic (exact) mass is 595 g/mol. The van der Waals surface area contributed by atoms with Crippen LogP contribution in [0, 0.1) is 12.7 Å². The summed E-state index contributed by atoms with van der Waals surface area (Å²) in [4.78, 5) is 33.8. The maximum Gasteiger partial charge on any atom is 0.323 e. The third-order valence-corrected chi connectivity index (χ3v) is 8.09. The van der Waals surface area contributed by atoms with Crippen LogP contribution in [-0.2, 0) is 31.0 Å². The molecule has 0 saturated carbocycles. The number of nitrogens with two attached hydrogens (primary N) is 1. The summed E-state index contributed by atoms with van der Waals surface area (Å²) in [6, 6.07) is 17.9. The number of hydrogen-bond donors (Lipinski definition) is 4. The van der Waals surface area contributed by atoms with Gasteiger partial charge in [-0.1, -0.05) is 59.8 Å². The number of rotatable bonds is 12. The Morgan fingerprint density at radius 3 is 2.57 bits per heavy atom. The van der Waals surface area contributed by atoms with Gasteiger partial charge in [0.25, 0.3) is 0 Å². The fourth-order valence-electron chi connectivity index (χ4n) is 4.23. The fourth-order valence-corrected chi connectivity index (χ4v) is 5.66. The molecule has 0 spiro atoms. The molecule has 13 heteroatoms. The van der Waals surface area contributed by atoms with E-state index in [1.165, 1.54) is 24.3 Å². The first-order valence-electron chi connectivity index (χ1n) is 13.0. The van der Waals surface area contributed by atoms with Crippen LogP contribution in [0.4, 0.5) is 4.39 Å². The summed E-state index contributed by atoms with van der Waals surface area (Å²) in [6.45, 7) is 1.38. The lowest BCUT2D eigenvalue weighted by atomic mass is 10.0. The van der Waals surface area contributed by atoms with Gasteiger partial charge in [-0.25, -0.2) is 12.8 Å². The molecule has 11 nitrogen and oxygen atoms in total. The van der Waals surface area contributed by atoms with E-state index in [-0.39, 0.29) is 23.7 Å². The molecule has 1 amide bonds. The van der Waals surface area contributed by atoms with E-state index >= 15 is 0 Å². The Hall–Kier alpha value is -4.62. The van der Waals surface area contributed by atoms with Gasteiger partial charge < -0.3 is 21.0 Å². The number of nitrogens with zero attached hydrogens (tertiary/aromatic N) is 2. The molecule has 0 unspecified atom stereocenters. The molecule has 1 heterocycles. The van der Waals surface area contributed by atoms with Gasteiger partial charge in [0.2, 0.25) is 15.9 Å². The van der Waals surface area contributed by atoms with Gasteiger partial charge in [-0.3, -0.25) is 14.6 Å². The zero-order valence-corrected chi connectivity index (χ0v) is 23.5. The SMILES string of the molecule is Cc1ccccc1S(=O)(=O)N[C@@H](CNC(=O)C[C@H]1CC(c2ccc(C(N)=NCc3cccc(F)c3)cc2)=NO1)C(=O)O. The number of nitrogens with one attached hydrogen (secondary N) is 2. The fraction of sp³-hybridized carbons (Fsp3) is 0.241. The topological polar surface area (TPSA) is 173 Å². The second-order valence-corrected chi connectivity index (χ2v) is 11.3. The van der Waals surface area contributed by atoms with Crippen LogP contribution in [0.15, 0.2) is 87.8 Å². The number of carboxylic acids is 1. The van der Waals surface area contributed by atoms with Crippen molar-refractivity contribution in [2.75, 3.05) is 6.54 Å². The van der Waals surface area contributed by atoms with Gasteiger partial charge in [-0.15, -0.1) is 0 Å². The lowest BCUT2D eigenvalue weighted by Gasteiger charge is -2.17. The highest BCUT2D eigenvalue weighted by atomic mass is 32.2. The number of halogens is 1. The Morgan fingerprint density at radius 1 is 1.14 bits per heavy atom. The van der Waals surface area contributed by atoms with E-state index in [1.807, 2.05) is 0 Å². The Labute approximate surface area is 242 Å². The number of amides is 1. The highest BCUT2D eigenvalue weighted by molar-refractivity contribution is 7.89. The Bertz CT molecular complexity index is 1630. The highest BCUT2D eigenvalue weighted by Gasteiger charge is 2.29. The van der Waals surface area contributed by atoms with Gasteiger partial charge in [0.05, 0.1) is 23.6 Å². The lowest BCUT2D eigenvalue weighted by molar-refractivity contribution is -0.139. The number of amidine groups is 1. The standard InChI is InChI=1S/C29H30FN5O6S/c1-18-5-2-3-8-26(18)42(39,40)35-25(29(37)38)17-32-27(36)15-23-14-24(34-41-23)20-9-11-21(12-10-20)28(31)33-16-19-6-4-7-22(30)13-19/h2-13,23,25,35H,14-17H2,1H3,(H2,31,33)(H,32,36)(H,37,38)/t23-,25+/m1/s1. The van der Waals surface area contributed by atoms with Gasteiger partial charge in [0, 0.05) is 18.5 Å².